The number of hydrogen-bond donors (Lipinski definition) is 3. The van der Waals surface area contributed by atoms with E-state index in [-0.39, 0.29) is 40.0 Å². The molecule has 4 heteroatoms. The van der Waals surface area contributed by atoms with E-state index in [1.165, 1.54) is 31.3 Å². The monoisotopic (exact) mass is 361 g/mol. The molecule has 2 aliphatic carbocycles. The van der Waals surface area contributed by atoms with Crippen molar-refractivity contribution in [3.63, 3.8) is 0 Å². The summed E-state index contributed by atoms with van der Waals surface area (Å²) < 4.78 is 0. The van der Waals surface area contributed by atoms with Crippen molar-refractivity contribution in [2.75, 3.05) is 0 Å². The topological polar surface area (TPSA) is 60.7 Å². The zero-order valence-corrected chi connectivity index (χ0v) is 17.4. The van der Waals surface area contributed by atoms with Gasteiger partial charge in [0.05, 0.1) is 0 Å². The van der Waals surface area contributed by atoms with Gasteiger partial charge in [0.1, 0.15) is 0 Å². The van der Waals surface area contributed by atoms with Gasteiger partial charge in [-0.15, -0.1) is 6.42 Å². The molecule has 3 N–H and O–H groups in total. The fraction of sp³-hybridized carbons (Fsp3) is 0.789. The minimum atomic E-state index is -0.167. The molecule has 0 radical (unpaired) electrons. The van der Waals surface area contributed by atoms with Gasteiger partial charge in [-0.05, 0) is 60.3 Å². The molecule has 0 heterocycles. The molecule has 0 spiro atoms. The van der Waals surface area contributed by atoms with Crippen LogP contribution in [0.2, 0.25) is 0 Å². The first-order valence-corrected chi connectivity index (χ1v) is 8.48. The smallest absolute Gasteiger partial charge is 0.0483 e. The van der Waals surface area contributed by atoms with Crippen molar-refractivity contribution in [1.29, 1.82) is 0 Å². The Balaban J connectivity index is -0.000000264. The van der Waals surface area contributed by atoms with E-state index in [9.17, 15) is 0 Å². The molecule has 1 saturated carbocycles. The van der Waals surface area contributed by atoms with Crippen LogP contribution in [0.1, 0.15) is 73.6 Å². The van der Waals surface area contributed by atoms with Gasteiger partial charge in [0.25, 0.3) is 0 Å². The van der Waals surface area contributed by atoms with Crippen LogP contribution in [0, 0.1) is 12.0 Å². The Hall–Kier alpha value is 0.0743. The second-order valence-electron chi connectivity index (χ2n) is 6.50. The molecule has 0 unspecified atom stereocenters. The second kappa shape index (κ2) is 18.4. The van der Waals surface area contributed by atoms with Crippen molar-refractivity contribution in [3.05, 3.63) is 23.8 Å². The average molecular weight is 361 g/mol. The number of allylic oxidation sites excluding steroid dienone is 4. The van der Waals surface area contributed by atoms with E-state index >= 15 is 0 Å². The van der Waals surface area contributed by atoms with Gasteiger partial charge in [0.2, 0.25) is 0 Å². The predicted molar refractivity (Wildman–Crippen MR) is 94.5 cm³/mol. The van der Waals surface area contributed by atoms with E-state index in [4.69, 9.17) is 15.3 Å². The fourth-order valence-corrected chi connectivity index (χ4v) is 1.94. The van der Waals surface area contributed by atoms with Crippen LogP contribution >= 0.6 is 0 Å². The Bertz CT molecular complexity index is 268. The molecule has 136 valence electrons. The van der Waals surface area contributed by atoms with E-state index in [1.54, 1.807) is 41.5 Å². The Kier molecular flexibility index (Phi) is 22.3. The normalized spacial score (nSPS) is 15.9. The summed E-state index contributed by atoms with van der Waals surface area (Å²) in [6.07, 6.45) is 14.1. The van der Waals surface area contributed by atoms with Crippen LogP contribution in [0.3, 0.4) is 0 Å². The van der Waals surface area contributed by atoms with Gasteiger partial charge in [-0.3, -0.25) is 6.08 Å². The van der Waals surface area contributed by atoms with Crippen LogP contribution in [0.5, 0.6) is 0 Å². The van der Waals surface area contributed by atoms with E-state index in [0.717, 1.165) is 12.3 Å². The minimum absolute atomic E-state index is 0. The SMILES string of the molecule is CC(C)O.CC(C)O.CC(C)O.[C-]1=C(C2CCCC2)C=CC1.[Ti]. The standard InChI is InChI=1S/C10H13.3C3H8O.Ti/c1-2-6-9(5-1)10-7-3-4-8-10;3*1-3(2)4;/h1,5,10H,2-4,7-8H2;3*3-4H,1-2H3;/q-1;;;;. The zero-order valence-electron chi connectivity index (χ0n) is 15.8. The number of aliphatic hydroxyl groups excluding tert-OH is 3. The Morgan fingerprint density at radius 3 is 1.48 bits per heavy atom. The maximum absolute atomic E-state index is 8.06. The molecular formula is C19H37O3Ti-. The minimum Gasteiger partial charge on any atom is -0.394 e. The van der Waals surface area contributed by atoms with Crippen LogP contribution in [-0.2, 0) is 21.7 Å². The van der Waals surface area contributed by atoms with Crippen LogP contribution in [-0.4, -0.2) is 33.6 Å². The summed E-state index contributed by atoms with van der Waals surface area (Å²) in [5.41, 5.74) is 1.50. The van der Waals surface area contributed by atoms with Gasteiger partial charge in [0, 0.05) is 40.0 Å². The summed E-state index contributed by atoms with van der Waals surface area (Å²) in [6.45, 7) is 10.3. The summed E-state index contributed by atoms with van der Waals surface area (Å²) in [7, 11) is 0. The van der Waals surface area contributed by atoms with Gasteiger partial charge in [0.15, 0.2) is 0 Å². The fourth-order valence-electron chi connectivity index (χ4n) is 1.94. The quantitative estimate of drug-likeness (QED) is 0.488. The second-order valence-corrected chi connectivity index (χ2v) is 6.50. The van der Waals surface area contributed by atoms with E-state index in [2.05, 4.69) is 18.2 Å². The van der Waals surface area contributed by atoms with E-state index in [0.29, 0.717) is 0 Å². The summed E-state index contributed by atoms with van der Waals surface area (Å²) in [6, 6.07) is 0. The molecule has 0 aromatic carbocycles. The summed E-state index contributed by atoms with van der Waals surface area (Å²) >= 11 is 0. The molecule has 3 nitrogen and oxygen atoms in total. The Morgan fingerprint density at radius 1 is 0.870 bits per heavy atom. The van der Waals surface area contributed by atoms with Crippen molar-refractivity contribution in [2.24, 2.45) is 5.92 Å². The largest absolute Gasteiger partial charge is 0.394 e. The molecule has 0 atom stereocenters. The average Bonchev–Trinajstić information content (AvgIpc) is 3.00. The summed E-state index contributed by atoms with van der Waals surface area (Å²) in [5, 5.41) is 24.2. The molecule has 0 aromatic rings. The van der Waals surface area contributed by atoms with E-state index in [1.807, 2.05) is 0 Å². The molecular weight excluding hydrogens is 324 g/mol. The van der Waals surface area contributed by atoms with Crippen LogP contribution in [0.4, 0.5) is 0 Å². The zero-order chi connectivity index (χ0) is 17.5. The molecule has 0 amide bonds. The van der Waals surface area contributed by atoms with Crippen molar-refractivity contribution >= 4 is 0 Å². The molecule has 2 rings (SSSR count). The van der Waals surface area contributed by atoms with Crippen molar-refractivity contribution < 1.29 is 37.0 Å². The number of rotatable bonds is 1. The molecule has 0 aliphatic heterocycles. The molecule has 0 bridgehead atoms. The molecule has 0 aromatic heterocycles. The predicted octanol–water partition coefficient (Wildman–Crippen LogP) is 4.02. The summed E-state index contributed by atoms with van der Waals surface area (Å²) in [5.74, 6) is 0.874. The maximum Gasteiger partial charge on any atom is 0.0483 e. The van der Waals surface area contributed by atoms with Gasteiger partial charge in [-0.1, -0.05) is 12.8 Å². The molecule has 1 fully saturated rings. The molecule has 0 saturated heterocycles. The van der Waals surface area contributed by atoms with Crippen molar-refractivity contribution in [1.82, 2.24) is 0 Å². The summed E-state index contributed by atoms with van der Waals surface area (Å²) in [4.78, 5) is 0. The van der Waals surface area contributed by atoms with Gasteiger partial charge < -0.3 is 15.3 Å². The first kappa shape index (κ1) is 27.9. The van der Waals surface area contributed by atoms with Gasteiger partial charge >= 0.3 is 0 Å². The first-order chi connectivity index (χ1) is 10.2. The first-order valence-electron chi connectivity index (χ1n) is 8.48. The number of hydrogen-bond acceptors (Lipinski definition) is 3. The Morgan fingerprint density at radius 2 is 1.22 bits per heavy atom. The number of aliphatic hydroxyl groups is 3. The van der Waals surface area contributed by atoms with Gasteiger partial charge in [-0.2, -0.15) is 6.08 Å². The van der Waals surface area contributed by atoms with Crippen LogP contribution in [0.25, 0.3) is 0 Å². The van der Waals surface area contributed by atoms with Crippen LogP contribution in [0.15, 0.2) is 17.7 Å². The van der Waals surface area contributed by atoms with Crippen molar-refractivity contribution in [3.8, 4) is 0 Å². The third kappa shape index (κ3) is 27.2. The van der Waals surface area contributed by atoms with E-state index < -0.39 is 0 Å². The Labute approximate surface area is 158 Å². The van der Waals surface area contributed by atoms with Gasteiger partial charge in [-0.25, -0.2) is 11.6 Å². The molecule has 2 aliphatic rings. The molecule has 23 heavy (non-hydrogen) atoms. The maximum atomic E-state index is 8.06. The third-order valence-electron chi connectivity index (χ3n) is 2.52. The van der Waals surface area contributed by atoms with Crippen molar-refractivity contribution in [2.45, 2.75) is 92.0 Å². The van der Waals surface area contributed by atoms with Crippen LogP contribution < -0.4 is 0 Å². The third-order valence-corrected chi connectivity index (χ3v) is 2.52.